The first kappa shape index (κ1) is 9.21. The summed E-state index contributed by atoms with van der Waals surface area (Å²) in [6.45, 7) is 0.692. The molecule has 1 aromatic rings. The number of rotatable bonds is 4. The number of carbonyl (C=O) groups excluding carboxylic acids is 1. The molecule has 1 heterocycles. The molecule has 0 atom stereocenters. The van der Waals surface area contributed by atoms with Gasteiger partial charge in [-0.3, -0.25) is 4.79 Å². The van der Waals surface area contributed by atoms with E-state index in [2.05, 4.69) is 15.3 Å². The van der Waals surface area contributed by atoms with Crippen molar-refractivity contribution in [3.63, 3.8) is 0 Å². The lowest BCUT2D eigenvalue weighted by molar-refractivity contribution is 0.0930. The molecule has 3 N–H and O–H groups in total. The fraction of sp³-hybridized carbons (Fsp3) is 0.556. The van der Waals surface area contributed by atoms with Gasteiger partial charge in [0.2, 0.25) is 0 Å². The molecule has 0 unspecified atom stereocenters. The SMILES string of the molecule is O=C(NCC1(CO)CC1)c1cnc[nH]1. The quantitative estimate of drug-likeness (QED) is 0.628. The van der Waals surface area contributed by atoms with Gasteiger partial charge in [-0.25, -0.2) is 4.98 Å². The highest BCUT2D eigenvalue weighted by molar-refractivity contribution is 5.91. The number of aromatic nitrogens is 2. The molecule has 0 spiro atoms. The van der Waals surface area contributed by atoms with E-state index in [1.165, 1.54) is 12.5 Å². The van der Waals surface area contributed by atoms with Crippen LogP contribution in [0.2, 0.25) is 0 Å². The molecule has 1 amide bonds. The first-order valence-electron chi connectivity index (χ1n) is 4.63. The zero-order valence-electron chi connectivity index (χ0n) is 7.79. The second kappa shape index (κ2) is 3.42. The normalized spacial score (nSPS) is 17.8. The highest BCUT2D eigenvalue weighted by atomic mass is 16.3. The first-order valence-corrected chi connectivity index (χ1v) is 4.63. The van der Waals surface area contributed by atoms with E-state index in [4.69, 9.17) is 5.11 Å². The van der Waals surface area contributed by atoms with Crippen molar-refractivity contribution in [1.29, 1.82) is 0 Å². The Balaban J connectivity index is 1.84. The van der Waals surface area contributed by atoms with Gasteiger partial charge >= 0.3 is 0 Å². The minimum atomic E-state index is -0.165. The number of hydrogen-bond acceptors (Lipinski definition) is 3. The summed E-state index contributed by atoms with van der Waals surface area (Å²) in [7, 11) is 0. The number of nitrogens with one attached hydrogen (secondary N) is 2. The van der Waals surface area contributed by atoms with Crippen LogP contribution < -0.4 is 5.32 Å². The molecule has 1 aliphatic carbocycles. The molecule has 76 valence electrons. The predicted molar refractivity (Wildman–Crippen MR) is 49.7 cm³/mol. The fourth-order valence-electron chi connectivity index (χ4n) is 1.31. The van der Waals surface area contributed by atoms with Crippen LogP contribution in [0.5, 0.6) is 0 Å². The lowest BCUT2D eigenvalue weighted by Gasteiger charge is -2.11. The second-order valence-corrected chi connectivity index (χ2v) is 3.81. The molecule has 14 heavy (non-hydrogen) atoms. The second-order valence-electron chi connectivity index (χ2n) is 3.81. The lowest BCUT2D eigenvalue weighted by Crippen LogP contribution is -2.32. The highest BCUT2D eigenvalue weighted by Crippen LogP contribution is 2.44. The van der Waals surface area contributed by atoms with Crippen LogP contribution in [-0.4, -0.2) is 34.1 Å². The molecule has 1 aromatic heterocycles. The highest BCUT2D eigenvalue weighted by Gasteiger charge is 2.42. The van der Waals surface area contributed by atoms with Gasteiger partial charge in [0.1, 0.15) is 5.69 Å². The Labute approximate surface area is 81.5 Å². The van der Waals surface area contributed by atoms with Crippen LogP contribution in [0.3, 0.4) is 0 Å². The smallest absolute Gasteiger partial charge is 0.269 e. The molecule has 0 saturated heterocycles. The fourth-order valence-corrected chi connectivity index (χ4v) is 1.31. The van der Waals surface area contributed by atoms with Gasteiger partial charge in [-0.15, -0.1) is 0 Å². The molecular formula is C9H13N3O2. The van der Waals surface area contributed by atoms with Crippen LogP contribution in [0.1, 0.15) is 23.3 Å². The average molecular weight is 195 g/mol. The third-order valence-corrected chi connectivity index (χ3v) is 2.66. The summed E-state index contributed by atoms with van der Waals surface area (Å²) in [6.07, 6.45) is 4.93. The van der Waals surface area contributed by atoms with Crippen molar-refractivity contribution >= 4 is 5.91 Å². The predicted octanol–water partition coefficient (Wildman–Crippen LogP) is -0.0880. The van der Waals surface area contributed by atoms with E-state index in [9.17, 15) is 4.79 Å². The van der Waals surface area contributed by atoms with Crippen molar-refractivity contribution in [2.24, 2.45) is 5.41 Å². The minimum absolute atomic E-state index is 0.0460. The van der Waals surface area contributed by atoms with Gasteiger partial charge in [0.05, 0.1) is 19.1 Å². The van der Waals surface area contributed by atoms with E-state index in [0.29, 0.717) is 12.2 Å². The van der Waals surface area contributed by atoms with Gasteiger partial charge in [-0.05, 0) is 12.8 Å². The number of carbonyl (C=O) groups is 1. The number of aromatic amines is 1. The van der Waals surface area contributed by atoms with Gasteiger partial charge in [-0.2, -0.15) is 0 Å². The van der Waals surface area contributed by atoms with E-state index < -0.39 is 0 Å². The number of aliphatic hydroxyl groups excluding tert-OH is 1. The Bertz CT molecular complexity index is 317. The van der Waals surface area contributed by atoms with Crippen LogP contribution in [-0.2, 0) is 0 Å². The molecule has 1 fully saturated rings. The van der Waals surface area contributed by atoms with Gasteiger partial charge in [-0.1, -0.05) is 0 Å². The zero-order chi connectivity index (χ0) is 10.0. The van der Waals surface area contributed by atoms with E-state index >= 15 is 0 Å². The Morgan fingerprint density at radius 3 is 3.00 bits per heavy atom. The summed E-state index contributed by atoms with van der Waals surface area (Å²) in [4.78, 5) is 17.9. The van der Waals surface area contributed by atoms with Crippen molar-refractivity contribution in [2.75, 3.05) is 13.2 Å². The van der Waals surface area contributed by atoms with Crippen LogP contribution in [0.25, 0.3) is 0 Å². The van der Waals surface area contributed by atoms with Crippen LogP contribution >= 0.6 is 0 Å². The Kier molecular flexibility index (Phi) is 2.25. The molecule has 5 heteroatoms. The molecule has 0 aliphatic heterocycles. The standard InChI is InChI=1S/C9H13N3O2/c13-5-9(1-2-9)4-11-8(14)7-3-10-6-12-7/h3,6,13H,1-2,4-5H2,(H,10,12)(H,11,14). The van der Waals surface area contributed by atoms with Crippen molar-refractivity contribution in [3.05, 3.63) is 18.2 Å². The first-order chi connectivity index (χ1) is 6.76. The number of nitrogens with zero attached hydrogens (tertiary/aromatic N) is 1. The molecule has 0 bridgehead atoms. The maximum absolute atomic E-state index is 11.4. The third-order valence-electron chi connectivity index (χ3n) is 2.66. The Morgan fingerprint density at radius 1 is 1.71 bits per heavy atom. The Morgan fingerprint density at radius 2 is 2.50 bits per heavy atom. The monoisotopic (exact) mass is 195 g/mol. The molecular weight excluding hydrogens is 182 g/mol. The van der Waals surface area contributed by atoms with Gasteiger partial charge in [0.25, 0.3) is 5.91 Å². The summed E-state index contributed by atoms with van der Waals surface area (Å²) in [6, 6.07) is 0. The van der Waals surface area contributed by atoms with Gasteiger partial charge < -0.3 is 15.4 Å². The van der Waals surface area contributed by atoms with Crippen molar-refractivity contribution < 1.29 is 9.90 Å². The summed E-state index contributed by atoms with van der Waals surface area (Å²) in [5, 5.41) is 11.8. The molecule has 5 nitrogen and oxygen atoms in total. The van der Waals surface area contributed by atoms with Crippen LogP contribution in [0, 0.1) is 5.41 Å². The number of H-pyrrole nitrogens is 1. The van der Waals surface area contributed by atoms with Crippen LogP contribution in [0.15, 0.2) is 12.5 Å². The van der Waals surface area contributed by atoms with E-state index in [1.54, 1.807) is 0 Å². The average Bonchev–Trinajstić information content (AvgIpc) is 2.78. The Hall–Kier alpha value is -1.36. The lowest BCUT2D eigenvalue weighted by atomic mass is 10.1. The van der Waals surface area contributed by atoms with E-state index in [-0.39, 0.29) is 17.9 Å². The zero-order valence-corrected chi connectivity index (χ0v) is 7.79. The minimum Gasteiger partial charge on any atom is -0.396 e. The molecule has 2 rings (SSSR count). The largest absolute Gasteiger partial charge is 0.396 e. The number of imidazole rings is 1. The van der Waals surface area contributed by atoms with E-state index in [0.717, 1.165) is 12.8 Å². The van der Waals surface area contributed by atoms with Crippen molar-refractivity contribution in [2.45, 2.75) is 12.8 Å². The molecule has 1 saturated carbocycles. The maximum atomic E-state index is 11.4. The number of hydrogen-bond donors (Lipinski definition) is 3. The number of amides is 1. The molecule has 0 aromatic carbocycles. The summed E-state index contributed by atoms with van der Waals surface area (Å²) in [5.41, 5.74) is 0.411. The summed E-state index contributed by atoms with van der Waals surface area (Å²) >= 11 is 0. The summed E-state index contributed by atoms with van der Waals surface area (Å²) in [5.74, 6) is -0.165. The number of aliphatic hydroxyl groups is 1. The topological polar surface area (TPSA) is 78.0 Å². The van der Waals surface area contributed by atoms with E-state index in [1.807, 2.05) is 0 Å². The molecule has 1 aliphatic rings. The van der Waals surface area contributed by atoms with Gasteiger partial charge in [0.15, 0.2) is 0 Å². The van der Waals surface area contributed by atoms with Crippen molar-refractivity contribution in [1.82, 2.24) is 15.3 Å². The molecule has 0 radical (unpaired) electrons. The van der Waals surface area contributed by atoms with Crippen LogP contribution in [0.4, 0.5) is 0 Å². The summed E-state index contributed by atoms with van der Waals surface area (Å²) < 4.78 is 0. The maximum Gasteiger partial charge on any atom is 0.269 e. The van der Waals surface area contributed by atoms with Crippen molar-refractivity contribution in [3.8, 4) is 0 Å². The third kappa shape index (κ3) is 1.77. The van der Waals surface area contributed by atoms with Gasteiger partial charge in [0, 0.05) is 12.0 Å².